The van der Waals surface area contributed by atoms with Crippen LogP contribution in [0.5, 0.6) is 0 Å². The maximum atomic E-state index is 9.17. The van der Waals surface area contributed by atoms with Crippen LogP contribution in [-0.2, 0) is 20.1 Å². The molecule has 2 aromatic rings. The van der Waals surface area contributed by atoms with E-state index < -0.39 is 0 Å². The smallest absolute Gasteiger partial charge is 0.120 e. The molecular formula is C20H26N4. The molecule has 0 aliphatic carbocycles. The van der Waals surface area contributed by atoms with Crippen molar-refractivity contribution in [1.29, 1.82) is 5.26 Å². The first kappa shape index (κ1) is 16.8. The Morgan fingerprint density at radius 3 is 2.25 bits per heavy atom. The van der Waals surface area contributed by atoms with Crippen molar-refractivity contribution >= 4 is 0 Å². The minimum absolute atomic E-state index is 0.751. The molecule has 126 valence electrons. The van der Waals surface area contributed by atoms with E-state index in [1.54, 1.807) is 0 Å². The van der Waals surface area contributed by atoms with Crippen molar-refractivity contribution in [3.63, 3.8) is 0 Å². The molecule has 0 bridgehead atoms. The van der Waals surface area contributed by atoms with Crippen LogP contribution in [0, 0.1) is 25.2 Å². The molecule has 3 rings (SSSR count). The first-order valence-electron chi connectivity index (χ1n) is 8.62. The van der Waals surface area contributed by atoms with Crippen molar-refractivity contribution in [3.05, 3.63) is 58.4 Å². The summed E-state index contributed by atoms with van der Waals surface area (Å²) < 4.78 is 1.99. The number of benzene rings is 1. The van der Waals surface area contributed by atoms with Crippen LogP contribution in [-0.4, -0.2) is 40.5 Å². The Kier molecular flexibility index (Phi) is 5.03. The van der Waals surface area contributed by atoms with E-state index in [2.05, 4.69) is 54.0 Å². The van der Waals surface area contributed by atoms with Crippen molar-refractivity contribution in [2.24, 2.45) is 7.05 Å². The van der Waals surface area contributed by atoms with Gasteiger partial charge in [-0.25, -0.2) is 0 Å². The maximum absolute atomic E-state index is 9.17. The summed E-state index contributed by atoms with van der Waals surface area (Å²) in [5, 5.41) is 9.17. The summed E-state index contributed by atoms with van der Waals surface area (Å²) in [4.78, 5) is 5.03. The van der Waals surface area contributed by atoms with E-state index in [0.29, 0.717) is 0 Å². The molecule has 4 nitrogen and oxygen atoms in total. The van der Waals surface area contributed by atoms with E-state index in [1.807, 2.05) is 17.7 Å². The Balaban J connectivity index is 1.55. The highest BCUT2D eigenvalue weighted by Gasteiger charge is 2.19. The number of hydrogen-bond donors (Lipinski definition) is 0. The molecule has 1 aliphatic rings. The summed E-state index contributed by atoms with van der Waals surface area (Å²) in [6, 6.07) is 13.1. The van der Waals surface area contributed by atoms with Gasteiger partial charge in [0.15, 0.2) is 0 Å². The lowest BCUT2D eigenvalue weighted by Crippen LogP contribution is -2.45. The normalized spacial score (nSPS) is 16.2. The van der Waals surface area contributed by atoms with Crippen LogP contribution in [0.4, 0.5) is 0 Å². The zero-order valence-electron chi connectivity index (χ0n) is 14.9. The van der Waals surface area contributed by atoms with Gasteiger partial charge < -0.3 is 4.57 Å². The standard InChI is InChI=1S/C20H26N4/c1-16-5-4-6-18(11-16)14-23-7-9-24(10-8-23)15-19-12-20(13-21)22(3)17(19)2/h4-6,11-12H,7-10,14-15H2,1-3H3. The van der Waals surface area contributed by atoms with Crippen LogP contribution in [0.15, 0.2) is 30.3 Å². The average Bonchev–Trinajstić information content (AvgIpc) is 2.84. The molecule has 4 heteroatoms. The minimum atomic E-state index is 0.751. The Morgan fingerprint density at radius 1 is 1.00 bits per heavy atom. The summed E-state index contributed by atoms with van der Waals surface area (Å²) in [5.41, 5.74) is 5.97. The molecule has 0 amide bonds. The summed E-state index contributed by atoms with van der Waals surface area (Å²) in [6.07, 6.45) is 0. The van der Waals surface area contributed by atoms with Crippen LogP contribution in [0.1, 0.15) is 28.1 Å². The predicted molar refractivity (Wildman–Crippen MR) is 96.6 cm³/mol. The zero-order valence-corrected chi connectivity index (χ0v) is 14.9. The fourth-order valence-corrected chi connectivity index (χ4v) is 3.44. The van der Waals surface area contributed by atoms with E-state index in [-0.39, 0.29) is 0 Å². The summed E-state index contributed by atoms with van der Waals surface area (Å²) in [5.74, 6) is 0. The largest absolute Gasteiger partial charge is 0.340 e. The Labute approximate surface area is 144 Å². The number of hydrogen-bond acceptors (Lipinski definition) is 3. The third-order valence-electron chi connectivity index (χ3n) is 5.10. The number of nitriles is 1. The van der Waals surface area contributed by atoms with Crippen molar-refractivity contribution in [1.82, 2.24) is 14.4 Å². The highest BCUT2D eigenvalue weighted by Crippen LogP contribution is 2.17. The van der Waals surface area contributed by atoms with E-state index in [9.17, 15) is 0 Å². The highest BCUT2D eigenvalue weighted by molar-refractivity contribution is 5.34. The van der Waals surface area contributed by atoms with Gasteiger partial charge >= 0.3 is 0 Å². The van der Waals surface area contributed by atoms with E-state index >= 15 is 0 Å². The number of aryl methyl sites for hydroxylation is 1. The zero-order chi connectivity index (χ0) is 17.1. The summed E-state index contributed by atoms with van der Waals surface area (Å²) >= 11 is 0. The molecule has 0 unspecified atom stereocenters. The van der Waals surface area contributed by atoms with Gasteiger partial charge in [0.05, 0.1) is 0 Å². The minimum Gasteiger partial charge on any atom is -0.340 e. The van der Waals surface area contributed by atoms with Gasteiger partial charge in [0.25, 0.3) is 0 Å². The molecule has 1 saturated heterocycles. The molecule has 0 atom stereocenters. The predicted octanol–water partition coefficient (Wildman–Crippen LogP) is 2.83. The van der Waals surface area contributed by atoms with Crippen molar-refractivity contribution in [3.8, 4) is 6.07 Å². The average molecular weight is 322 g/mol. The SMILES string of the molecule is Cc1cccc(CN2CCN(Cc3cc(C#N)n(C)c3C)CC2)c1. The van der Waals surface area contributed by atoms with Crippen molar-refractivity contribution in [2.75, 3.05) is 26.2 Å². The molecule has 24 heavy (non-hydrogen) atoms. The van der Waals surface area contributed by atoms with Crippen LogP contribution in [0.25, 0.3) is 0 Å². The van der Waals surface area contributed by atoms with Crippen molar-refractivity contribution in [2.45, 2.75) is 26.9 Å². The third-order valence-corrected chi connectivity index (χ3v) is 5.10. The number of aromatic nitrogens is 1. The lowest BCUT2D eigenvalue weighted by Gasteiger charge is -2.34. The molecule has 2 heterocycles. The fraction of sp³-hybridized carbons (Fsp3) is 0.450. The van der Waals surface area contributed by atoms with Crippen LogP contribution in [0.2, 0.25) is 0 Å². The molecular weight excluding hydrogens is 296 g/mol. The Morgan fingerprint density at radius 2 is 1.67 bits per heavy atom. The van der Waals surface area contributed by atoms with Gasteiger partial charge in [0.2, 0.25) is 0 Å². The molecule has 1 aliphatic heterocycles. The molecule has 1 aromatic heterocycles. The monoisotopic (exact) mass is 322 g/mol. The van der Waals surface area contributed by atoms with Gasteiger partial charge in [-0.2, -0.15) is 5.26 Å². The van der Waals surface area contributed by atoms with E-state index in [4.69, 9.17) is 5.26 Å². The second-order valence-electron chi connectivity index (χ2n) is 6.85. The quantitative estimate of drug-likeness (QED) is 0.868. The van der Waals surface area contributed by atoms with Gasteiger partial charge in [-0.3, -0.25) is 9.80 Å². The van der Waals surface area contributed by atoms with Gasteiger partial charge in [-0.1, -0.05) is 29.8 Å². The third kappa shape index (κ3) is 3.69. The molecule has 1 fully saturated rings. The van der Waals surface area contributed by atoms with E-state index in [0.717, 1.165) is 45.0 Å². The first-order chi connectivity index (χ1) is 11.6. The lowest BCUT2D eigenvalue weighted by molar-refractivity contribution is 0.122. The highest BCUT2D eigenvalue weighted by atomic mass is 15.3. The second kappa shape index (κ2) is 7.21. The molecule has 0 radical (unpaired) electrons. The van der Waals surface area contributed by atoms with Crippen LogP contribution >= 0.6 is 0 Å². The molecule has 0 saturated carbocycles. The van der Waals surface area contributed by atoms with Gasteiger partial charge in [-0.05, 0) is 31.0 Å². The van der Waals surface area contributed by atoms with Gasteiger partial charge in [0.1, 0.15) is 11.8 Å². The molecule has 1 aromatic carbocycles. The Bertz CT molecular complexity index is 745. The fourth-order valence-electron chi connectivity index (χ4n) is 3.44. The maximum Gasteiger partial charge on any atom is 0.120 e. The number of piperazine rings is 1. The van der Waals surface area contributed by atoms with Gasteiger partial charge in [0, 0.05) is 52.0 Å². The topological polar surface area (TPSA) is 35.2 Å². The van der Waals surface area contributed by atoms with Crippen LogP contribution in [0.3, 0.4) is 0 Å². The number of rotatable bonds is 4. The van der Waals surface area contributed by atoms with Crippen LogP contribution < -0.4 is 0 Å². The number of nitrogens with zero attached hydrogens (tertiary/aromatic N) is 4. The second-order valence-corrected chi connectivity index (χ2v) is 6.85. The first-order valence-corrected chi connectivity index (χ1v) is 8.62. The summed E-state index contributed by atoms with van der Waals surface area (Å²) in [7, 11) is 1.97. The summed E-state index contributed by atoms with van der Waals surface area (Å²) in [6.45, 7) is 10.6. The molecule has 0 N–H and O–H groups in total. The molecule has 0 spiro atoms. The van der Waals surface area contributed by atoms with Gasteiger partial charge in [-0.15, -0.1) is 0 Å². The Hall–Kier alpha value is -2.09. The lowest BCUT2D eigenvalue weighted by atomic mass is 10.1. The van der Waals surface area contributed by atoms with Crippen molar-refractivity contribution < 1.29 is 0 Å². The van der Waals surface area contributed by atoms with E-state index in [1.165, 1.54) is 22.4 Å².